The molecule has 4 nitrogen and oxygen atoms in total. The molecule has 3 aromatic rings. The lowest BCUT2D eigenvalue weighted by atomic mass is 10.1. The van der Waals surface area contributed by atoms with E-state index in [9.17, 15) is 0 Å². The SMILES string of the molecule is CCCCCCCCCCCCOc1cc(C#Cc2ccncc2)c(OCCCCCCCCCCCC)cc1C#Cc1ccncc1. The molecule has 258 valence electrons. The Morgan fingerprint density at radius 3 is 1.06 bits per heavy atom. The summed E-state index contributed by atoms with van der Waals surface area (Å²) in [6, 6.07) is 11.7. The minimum Gasteiger partial charge on any atom is -0.492 e. The van der Waals surface area contributed by atoms with Crippen molar-refractivity contribution in [3.05, 3.63) is 83.4 Å². The molecular formula is C44H60N2O2. The highest BCUT2D eigenvalue weighted by Crippen LogP contribution is 2.29. The molecule has 4 heteroatoms. The maximum Gasteiger partial charge on any atom is 0.136 e. The molecule has 0 saturated heterocycles. The van der Waals surface area contributed by atoms with Crippen molar-refractivity contribution >= 4 is 0 Å². The van der Waals surface area contributed by atoms with Crippen molar-refractivity contribution in [1.29, 1.82) is 0 Å². The third-order valence-electron chi connectivity index (χ3n) is 8.64. The topological polar surface area (TPSA) is 44.2 Å². The Kier molecular flexibility index (Phi) is 21.1. The first kappa shape index (κ1) is 38.7. The molecule has 0 N–H and O–H groups in total. The van der Waals surface area contributed by atoms with E-state index in [1.54, 1.807) is 24.8 Å². The third kappa shape index (κ3) is 17.4. The fourth-order valence-electron chi connectivity index (χ4n) is 5.69. The number of ether oxygens (including phenoxy) is 2. The minimum absolute atomic E-state index is 0.663. The largest absolute Gasteiger partial charge is 0.492 e. The zero-order valence-electron chi connectivity index (χ0n) is 30.0. The van der Waals surface area contributed by atoms with Gasteiger partial charge in [-0.3, -0.25) is 9.97 Å². The molecule has 0 atom stereocenters. The molecule has 0 amide bonds. The highest BCUT2D eigenvalue weighted by Gasteiger charge is 2.11. The summed E-state index contributed by atoms with van der Waals surface area (Å²) in [4.78, 5) is 8.26. The lowest BCUT2D eigenvalue weighted by Gasteiger charge is -2.14. The summed E-state index contributed by atoms with van der Waals surface area (Å²) in [5, 5.41) is 0. The summed E-state index contributed by atoms with van der Waals surface area (Å²) < 4.78 is 12.8. The number of nitrogens with zero attached hydrogens (tertiary/aromatic N) is 2. The molecule has 0 aliphatic rings. The van der Waals surface area contributed by atoms with Crippen LogP contribution in [-0.2, 0) is 0 Å². The maximum atomic E-state index is 6.41. The van der Waals surface area contributed by atoms with Crippen molar-refractivity contribution in [3.8, 4) is 35.2 Å². The highest BCUT2D eigenvalue weighted by molar-refractivity contribution is 5.60. The Morgan fingerprint density at radius 2 is 0.729 bits per heavy atom. The van der Waals surface area contributed by atoms with Crippen LogP contribution in [0.2, 0.25) is 0 Å². The first-order valence-corrected chi connectivity index (χ1v) is 19.1. The molecule has 0 radical (unpaired) electrons. The lowest BCUT2D eigenvalue weighted by Crippen LogP contribution is -2.03. The summed E-state index contributed by atoms with van der Waals surface area (Å²) in [6.07, 6.45) is 33.0. The van der Waals surface area contributed by atoms with Gasteiger partial charge in [-0.25, -0.2) is 0 Å². The first-order valence-electron chi connectivity index (χ1n) is 19.1. The van der Waals surface area contributed by atoms with Gasteiger partial charge in [-0.15, -0.1) is 0 Å². The van der Waals surface area contributed by atoms with Gasteiger partial charge in [0.1, 0.15) is 11.5 Å². The zero-order valence-corrected chi connectivity index (χ0v) is 30.0. The van der Waals surface area contributed by atoms with Crippen LogP contribution < -0.4 is 9.47 Å². The van der Waals surface area contributed by atoms with Gasteiger partial charge in [-0.05, 0) is 37.1 Å². The number of rotatable bonds is 24. The number of benzene rings is 1. The van der Waals surface area contributed by atoms with E-state index in [-0.39, 0.29) is 0 Å². The molecule has 48 heavy (non-hydrogen) atoms. The Morgan fingerprint density at radius 1 is 0.417 bits per heavy atom. The number of pyridine rings is 2. The fourth-order valence-corrected chi connectivity index (χ4v) is 5.69. The molecule has 0 unspecified atom stereocenters. The van der Waals surface area contributed by atoms with Crippen molar-refractivity contribution in [2.45, 2.75) is 142 Å². The molecule has 3 rings (SSSR count). The summed E-state index contributed by atoms with van der Waals surface area (Å²) in [7, 11) is 0. The average Bonchev–Trinajstić information content (AvgIpc) is 3.12. The van der Waals surface area contributed by atoms with E-state index in [1.807, 2.05) is 36.4 Å². The van der Waals surface area contributed by atoms with E-state index >= 15 is 0 Å². The van der Waals surface area contributed by atoms with Crippen molar-refractivity contribution in [2.75, 3.05) is 13.2 Å². The molecule has 0 saturated carbocycles. The van der Waals surface area contributed by atoms with Crippen LogP contribution in [0.15, 0.2) is 61.2 Å². The Balaban J connectivity index is 1.64. The summed E-state index contributed by atoms with van der Waals surface area (Å²) >= 11 is 0. The predicted octanol–water partition coefficient (Wildman–Crippen LogP) is 11.9. The average molecular weight is 649 g/mol. The quantitative estimate of drug-likeness (QED) is 0.0716. The summed E-state index contributed by atoms with van der Waals surface area (Å²) in [5.41, 5.74) is 3.48. The number of aromatic nitrogens is 2. The molecule has 1 aromatic carbocycles. The van der Waals surface area contributed by atoms with Gasteiger partial charge < -0.3 is 9.47 Å². The number of hydrogen-bond acceptors (Lipinski definition) is 4. The number of unbranched alkanes of at least 4 members (excludes halogenated alkanes) is 18. The normalized spacial score (nSPS) is 10.5. The lowest BCUT2D eigenvalue weighted by molar-refractivity contribution is 0.295. The van der Waals surface area contributed by atoms with Crippen LogP contribution in [0.1, 0.15) is 165 Å². The monoisotopic (exact) mass is 648 g/mol. The van der Waals surface area contributed by atoms with Crippen LogP contribution in [0.4, 0.5) is 0 Å². The van der Waals surface area contributed by atoms with E-state index in [1.165, 1.54) is 116 Å². The van der Waals surface area contributed by atoms with Crippen molar-refractivity contribution in [2.24, 2.45) is 0 Å². The zero-order chi connectivity index (χ0) is 33.7. The molecule has 2 aromatic heterocycles. The maximum absolute atomic E-state index is 6.41. The van der Waals surface area contributed by atoms with Crippen LogP contribution in [0, 0.1) is 23.7 Å². The van der Waals surface area contributed by atoms with Gasteiger partial charge in [0.05, 0.1) is 24.3 Å². The van der Waals surface area contributed by atoms with E-state index < -0.39 is 0 Å². The van der Waals surface area contributed by atoms with E-state index in [4.69, 9.17) is 9.47 Å². The second kappa shape index (κ2) is 26.2. The Hall–Kier alpha value is -3.76. The van der Waals surface area contributed by atoms with Gasteiger partial charge in [0, 0.05) is 48.0 Å². The van der Waals surface area contributed by atoms with Gasteiger partial charge in [0.2, 0.25) is 0 Å². The second-order valence-electron chi connectivity index (χ2n) is 12.9. The third-order valence-corrected chi connectivity index (χ3v) is 8.64. The van der Waals surface area contributed by atoms with Crippen LogP contribution in [0.3, 0.4) is 0 Å². The van der Waals surface area contributed by atoms with E-state index in [0.717, 1.165) is 46.6 Å². The minimum atomic E-state index is 0.663. The molecule has 0 fully saturated rings. The van der Waals surface area contributed by atoms with E-state index in [2.05, 4.69) is 47.5 Å². The number of hydrogen-bond donors (Lipinski definition) is 0. The standard InChI is InChI=1S/C44H60N2O2/c1-3-5-7-9-11-13-15-17-19-21-35-47-43-37-42(26-24-40-29-33-46-34-30-40)44(38-41(43)25-23-39-27-31-45-32-28-39)48-36-22-20-18-16-14-12-10-8-6-4-2/h27-34,37-38H,3-22,35-36H2,1-2H3. The van der Waals surface area contributed by atoms with Crippen LogP contribution in [0.5, 0.6) is 11.5 Å². The van der Waals surface area contributed by atoms with Gasteiger partial charge in [-0.1, -0.05) is 153 Å². The van der Waals surface area contributed by atoms with Crippen molar-refractivity contribution < 1.29 is 9.47 Å². The Labute approximate surface area is 292 Å². The molecule has 0 aliphatic carbocycles. The van der Waals surface area contributed by atoms with Crippen LogP contribution in [-0.4, -0.2) is 23.2 Å². The van der Waals surface area contributed by atoms with Crippen LogP contribution in [0.25, 0.3) is 0 Å². The molecule has 2 heterocycles. The van der Waals surface area contributed by atoms with Gasteiger partial charge in [0.15, 0.2) is 0 Å². The second-order valence-corrected chi connectivity index (χ2v) is 12.9. The summed E-state index contributed by atoms with van der Waals surface area (Å²) in [5.74, 6) is 14.8. The molecule has 0 spiro atoms. The smallest absolute Gasteiger partial charge is 0.136 e. The van der Waals surface area contributed by atoms with Gasteiger partial charge >= 0.3 is 0 Å². The van der Waals surface area contributed by atoms with E-state index in [0.29, 0.717) is 13.2 Å². The van der Waals surface area contributed by atoms with Crippen molar-refractivity contribution in [3.63, 3.8) is 0 Å². The molecular weight excluding hydrogens is 588 g/mol. The first-order chi connectivity index (χ1) is 23.8. The summed E-state index contributed by atoms with van der Waals surface area (Å²) in [6.45, 7) is 5.88. The highest BCUT2D eigenvalue weighted by atomic mass is 16.5. The predicted molar refractivity (Wildman–Crippen MR) is 202 cm³/mol. The fraction of sp³-hybridized carbons (Fsp3) is 0.545. The van der Waals surface area contributed by atoms with Gasteiger partial charge in [0.25, 0.3) is 0 Å². The van der Waals surface area contributed by atoms with Gasteiger partial charge in [-0.2, -0.15) is 0 Å². The van der Waals surface area contributed by atoms with Crippen LogP contribution >= 0.6 is 0 Å². The Bertz CT molecular complexity index is 1260. The molecule has 0 aliphatic heterocycles. The molecule has 0 bridgehead atoms. The van der Waals surface area contributed by atoms with Crippen molar-refractivity contribution in [1.82, 2.24) is 9.97 Å².